The molecule has 0 aliphatic carbocycles. The summed E-state index contributed by atoms with van der Waals surface area (Å²) in [7, 11) is 0. The lowest BCUT2D eigenvalue weighted by Gasteiger charge is -2.12. The fourth-order valence-electron chi connectivity index (χ4n) is 1.27. The number of benzene rings is 1. The van der Waals surface area contributed by atoms with Crippen LogP contribution >= 0.6 is 11.6 Å². The molecule has 0 aliphatic heterocycles. The van der Waals surface area contributed by atoms with Crippen molar-refractivity contribution in [1.29, 1.82) is 0 Å². The Morgan fingerprint density at radius 1 is 1.40 bits per heavy atom. The van der Waals surface area contributed by atoms with E-state index in [0.717, 1.165) is 19.3 Å². The summed E-state index contributed by atoms with van der Waals surface area (Å²) in [5.74, 6) is 0.634. The summed E-state index contributed by atoms with van der Waals surface area (Å²) < 4.78 is 5.41. The number of hydrogen-bond donors (Lipinski definition) is 1. The summed E-state index contributed by atoms with van der Waals surface area (Å²) in [6.45, 7) is 2.41. The van der Waals surface area contributed by atoms with Gasteiger partial charge < -0.3 is 9.84 Å². The lowest BCUT2D eigenvalue weighted by Crippen LogP contribution is -2.17. The summed E-state index contributed by atoms with van der Waals surface area (Å²) in [4.78, 5) is 0. The Bertz CT molecular complexity index is 289. The van der Waals surface area contributed by atoms with Crippen LogP contribution in [0.1, 0.15) is 26.2 Å². The summed E-state index contributed by atoms with van der Waals surface area (Å²) in [5.41, 5.74) is 0. The van der Waals surface area contributed by atoms with Gasteiger partial charge in [-0.1, -0.05) is 43.5 Å². The highest BCUT2D eigenvalue weighted by Gasteiger charge is 2.06. The van der Waals surface area contributed by atoms with Gasteiger partial charge in [0.2, 0.25) is 0 Å². The Morgan fingerprint density at radius 2 is 2.13 bits per heavy atom. The zero-order valence-electron chi connectivity index (χ0n) is 8.95. The van der Waals surface area contributed by atoms with Crippen LogP contribution in [0.15, 0.2) is 24.3 Å². The molecule has 0 bridgehead atoms. The van der Waals surface area contributed by atoms with Crippen LogP contribution in [0.4, 0.5) is 0 Å². The fourth-order valence-corrected chi connectivity index (χ4v) is 1.46. The molecule has 0 fully saturated rings. The molecule has 0 spiro atoms. The van der Waals surface area contributed by atoms with Crippen molar-refractivity contribution in [3.05, 3.63) is 29.3 Å². The van der Waals surface area contributed by atoms with E-state index in [1.54, 1.807) is 12.1 Å². The maximum atomic E-state index is 9.56. The Balaban J connectivity index is 2.33. The number of aliphatic hydroxyl groups is 1. The van der Waals surface area contributed by atoms with Gasteiger partial charge in [0.15, 0.2) is 0 Å². The number of halogens is 1. The van der Waals surface area contributed by atoms with Crippen molar-refractivity contribution in [2.24, 2.45) is 0 Å². The van der Waals surface area contributed by atoms with Crippen molar-refractivity contribution < 1.29 is 9.84 Å². The number of ether oxygens (including phenoxy) is 1. The molecule has 3 heteroatoms. The predicted molar refractivity (Wildman–Crippen MR) is 62.5 cm³/mol. The molecule has 1 atom stereocenters. The minimum absolute atomic E-state index is 0.309. The largest absolute Gasteiger partial charge is 0.489 e. The van der Waals surface area contributed by atoms with Crippen LogP contribution in [0, 0.1) is 0 Å². The van der Waals surface area contributed by atoms with Crippen molar-refractivity contribution >= 4 is 11.6 Å². The van der Waals surface area contributed by atoms with Crippen molar-refractivity contribution in [3.63, 3.8) is 0 Å². The average molecular weight is 229 g/mol. The summed E-state index contributed by atoms with van der Waals surface area (Å²) >= 11 is 5.91. The minimum atomic E-state index is -0.402. The van der Waals surface area contributed by atoms with Crippen LogP contribution in [0.25, 0.3) is 0 Å². The third kappa shape index (κ3) is 4.54. The molecular weight excluding hydrogens is 212 g/mol. The van der Waals surface area contributed by atoms with E-state index in [-0.39, 0.29) is 0 Å². The van der Waals surface area contributed by atoms with Gasteiger partial charge in [0.1, 0.15) is 12.4 Å². The Morgan fingerprint density at radius 3 is 2.80 bits per heavy atom. The van der Waals surface area contributed by atoms with E-state index in [9.17, 15) is 5.11 Å². The number of aliphatic hydroxyl groups excluding tert-OH is 1. The molecular formula is C12H17ClO2. The van der Waals surface area contributed by atoms with Gasteiger partial charge in [-0.05, 0) is 18.6 Å². The quantitative estimate of drug-likeness (QED) is 0.810. The van der Waals surface area contributed by atoms with Crippen molar-refractivity contribution in [1.82, 2.24) is 0 Å². The zero-order chi connectivity index (χ0) is 11.1. The van der Waals surface area contributed by atoms with E-state index >= 15 is 0 Å². The molecule has 84 valence electrons. The molecule has 0 aliphatic rings. The van der Waals surface area contributed by atoms with Gasteiger partial charge in [-0.2, -0.15) is 0 Å². The molecule has 1 N–H and O–H groups in total. The first kappa shape index (κ1) is 12.3. The molecule has 0 saturated heterocycles. The van der Waals surface area contributed by atoms with Crippen LogP contribution in [-0.4, -0.2) is 17.8 Å². The van der Waals surface area contributed by atoms with Gasteiger partial charge in [-0.3, -0.25) is 0 Å². The third-order valence-electron chi connectivity index (χ3n) is 2.16. The van der Waals surface area contributed by atoms with Gasteiger partial charge >= 0.3 is 0 Å². The van der Waals surface area contributed by atoms with Gasteiger partial charge in [0, 0.05) is 0 Å². The van der Waals surface area contributed by atoms with E-state index in [2.05, 4.69) is 6.92 Å². The summed E-state index contributed by atoms with van der Waals surface area (Å²) in [6.07, 6.45) is 2.48. The Hall–Kier alpha value is -0.730. The Labute approximate surface area is 95.8 Å². The monoisotopic (exact) mass is 228 g/mol. The van der Waals surface area contributed by atoms with E-state index in [1.807, 2.05) is 12.1 Å². The molecule has 15 heavy (non-hydrogen) atoms. The number of hydrogen-bond acceptors (Lipinski definition) is 2. The van der Waals surface area contributed by atoms with Crippen molar-refractivity contribution in [3.8, 4) is 5.75 Å². The van der Waals surface area contributed by atoms with Crippen LogP contribution < -0.4 is 4.74 Å². The van der Waals surface area contributed by atoms with E-state index < -0.39 is 6.10 Å². The number of unbranched alkanes of at least 4 members (excludes halogenated alkanes) is 1. The lowest BCUT2D eigenvalue weighted by molar-refractivity contribution is 0.0980. The first-order chi connectivity index (χ1) is 7.24. The molecule has 1 aromatic rings. The molecule has 0 radical (unpaired) electrons. The third-order valence-corrected chi connectivity index (χ3v) is 2.47. The van der Waals surface area contributed by atoms with Gasteiger partial charge in [-0.25, -0.2) is 0 Å². The standard InChI is InChI=1S/C12H17ClO2/c1-2-3-6-10(14)9-15-12-8-5-4-7-11(12)13/h4-5,7-8,10,14H,2-3,6,9H2,1H3/t10-/m1/s1. The highest BCUT2D eigenvalue weighted by molar-refractivity contribution is 6.32. The molecule has 0 saturated carbocycles. The SMILES string of the molecule is CCCC[C@@H](O)COc1ccccc1Cl. The summed E-state index contributed by atoms with van der Waals surface area (Å²) in [5, 5.41) is 10.1. The molecule has 0 amide bonds. The maximum Gasteiger partial charge on any atom is 0.138 e. The second-order valence-electron chi connectivity index (χ2n) is 3.54. The first-order valence-corrected chi connectivity index (χ1v) is 5.67. The Kier molecular flexibility index (Phi) is 5.51. The minimum Gasteiger partial charge on any atom is -0.489 e. The van der Waals surface area contributed by atoms with E-state index in [1.165, 1.54) is 0 Å². The molecule has 0 heterocycles. The van der Waals surface area contributed by atoms with Gasteiger partial charge in [0.25, 0.3) is 0 Å². The van der Waals surface area contributed by atoms with Crippen LogP contribution in [-0.2, 0) is 0 Å². The second kappa shape index (κ2) is 6.70. The molecule has 2 nitrogen and oxygen atoms in total. The molecule has 0 aromatic heterocycles. The van der Waals surface area contributed by atoms with Crippen LogP contribution in [0.3, 0.4) is 0 Å². The van der Waals surface area contributed by atoms with Crippen LogP contribution in [0.2, 0.25) is 5.02 Å². The van der Waals surface area contributed by atoms with Crippen molar-refractivity contribution in [2.75, 3.05) is 6.61 Å². The zero-order valence-corrected chi connectivity index (χ0v) is 9.70. The predicted octanol–water partition coefficient (Wildman–Crippen LogP) is 3.27. The summed E-state index contributed by atoms with van der Waals surface area (Å²) in [6, 6.07) is 7.28. The average Bonchev–Trinajstić information content (AvgIpc) is 2.25. The maximum absolute atomic E-state index is 9.56. The molecule has 1 rings (SSSR count). The first-order valence-electron chi connectivity index (χ1n) is 5.29. The fraction of sp³-hybridized carbons (Fsp3) is 0.500. The second-order valence-corrected chi connectivity index (χ2v) is 3.94. The number of rotatable bonds is 6. The number of para-hydroxylation sites is 1. The molecule has 0 unspecified atom stereocenters. The lowest BCUT2D eigenvalue weighted by atomic mass is 10.2. The molecule has 1 aromatic carbocycles. The van der Waals surface area contributed by atoms with E-state index in [4.69, 9.17) is 16.3 Å². The van der Waals surface area contributed by atoms with E-state index in [0.29, 0.717) is 17.4 Å². The van der Waals surface area contributed by atoms with Gasteiger partial charge in [0.05, 0.1) is 11.1 Å². The smallest absolute Gasteiger partial charge is 0.138 e. The highest BCUT2D eigenvalue weighted by Crippen LogP contribution is 2.23. The highest BCUT2D eigenvalue weighted by atomic mass is 35.5. The van der Waals surface area contributed by atoms with Gasteiger partial charge in [-0.15, -0.1) is 0 Å². The normalized spacial score (nSPS) is 12.5. The van der Waals surface area contributed by atoms with Crippen LogP contribution in [0.5, 0.6) is 5.75 Å². The topological polar surface area (TPSA) is 29.5 Å². The van der Waals surface area contributed by atoms with Crippen molar-refractivity contribution in [2.45, 2.75) is 32.3 Å².